The average molecular weight is 326 g/mol. The van der Waals surface area contributed by atoms with Crippen molar-refractivity contribution in [3.63, 3.8) is 0 Å². The number of halogens is 1. The number of nitrogens with zero attached hydrogens (tertiary/aromatic N) is 2. The molecule has 0 saturated heterocycles. The lowest BCUT2D eigenvalue weighted by atomic mass is 10.5. The minimum atomic E-state index is -3.64. The number of imidazole rings is 1. The molecule has 0 radical (unpaired) electrons. The first-order valence-electron chi connectivity index (χ1n) is 5.09. The number of sulfonamides is 1. The molecule has 2 heterocycles. The smallest absolute Gasteiger partial charge is 0.259 e. The molecule has 0 spiro atoms. The molecule has 100 valence electrons. The first-order valence-corrected chi connectivity index (χ1v) is 9.12. The second-order valence-electron chi connectivity index (χ2n) is 3.66. The number of fused-ring (bicyclic) bond motifs is 1. The molecule has 0 fully saturated rings. The first-order chi connectivity index (χ1) is 8.45. The van der Waals surface area contributed by atoms with Gasteiger partial charge in [0, 0.05) is 23.4 Å². The van der Waals surface area contributed by atoms with Gasteiger partial charge in [-0.1, -0.05) is 18.5 Å². The van der Waals surface area contributed by atoms with E-state index in [0.717, 1.165) is 0 Å². The van der Waals surface area contributed by atoms with Gasteiger partial charge in [-0.3, -0.25) is 4.40 Å². The molecular weight excluding hydrogens is 314 g/mol. The van der Waals surface area contributed by atoms with Crippen LogP contribution in [0.25, 0.3) is 4.96 Å². The van der Waals surface area contributed by atoms with Crippen LogP contribution in [-0.2, 0) is 10.0 Å². The van der Waals surface area contributed by atoms with Crippen LogP contribution in [0.4, 0.5) is 0 Å². The largest absolute Gasteiger partial charge is 0.279 e. The third-order valence-electron chi connectivity index (χ3n) is 2.40. The SMILES string of the molecule is CSC(C)CNS(=O)(=O)c1c(Cl)nc2sccn12. The standard InChI is InChI=1S/C9H12ClN3O2S3/c1-6(16-2)5-11-18(14,15)8-7(10)12-9-13(8)3-4-17-9/h3-4,6,11H,5H2,1-2H3. The lowest BCUT2D eigenvalue weighted by molar-refractivity contribution is 0.576. The number of thioether (sulfide) groups is 1. The minimum absolute atomic E-state index is 0.00570. The zero-order valence-corrected chi connectivity index (χ0v) is 13.0. The highest BCUT2D eigenvalue weighted by Crippen LogP contribution is 2.25. The van der Waals surface area contributed by atoms with Crippen molar-refractivity contribution in [3.8, 4) is 0 Å². The summed E-state index contributed by atoms with van der Waals surface area (Å²) in [6.07, 6.45) is 3.58. The summed E-state index contributed by atoms with van der Waals surface area (Å²) in [5, 5.41) is 1.98. The Morgan fingerprint density at radius 2 is 2.39 bits per heavy atom. The van der Waals surface area contributed by atoms with E-state index in [1.165, 1.54) is 15.7 Å². The predicted molar refractivity (Wildman–Crippen MR) is 76.2 cm³/mol. The van der Waals surface area contributed by atoms with Gasteiger partial charge < -0.3 is 0 Å². The maximum absolute atomic E-state index is 12.2. The van der Waals surface area contributed by atoms with Crippen LogP contribution in [0.5, 0.6) is 0 Å². The molecule has 0 aliphatic carbocycles. The van der Waals surface area contributed by atoms with Crippen molar-refractivity contribution in [2.45, 2.75) is 17.2 Å². The maximum atomic E-state index is 12.2. The lowest BCUT2D eigenvalue weighted by Crippen LogP contribution is -2.30. The van der Waals surface area contributed by atoms with E-state index in [1.54, 1.807) is 23.3 Å². The molecule has 9 heteroatoms. The Morgan fingerprint density at radius 1 is 1.67 bits per heavy atom. The van der Waals surface area contributed by atoms with E-state index in [2.05, 4.69) is 9.71 Å². The number of hydrogen-bond donors (Lipinski definition) is 1. The highest BCUT2D eigenvalue weighted by atomic mass is 35.5. The van der Waals surface area contributed by atoms with Crippen LogP contribution in [0, 0.1) is 0 Å². The molecule has 5 nitrogen and oxygen atoms in total. The molecule has 1 atom stereocenters. The van der Waals surface area contributed by atoms with Gasteiger partial charge in [0.25, 0.3) is 10.0 Å². The fraction of sp³-hybridized carbons (Fsp3) is 0.444. The number of rotatable bonds is 5. The average Bonchev–Trinajstić information content (AvgIpc) is 2.84. The van der Waals surface area contributed by atoms with Crippen LogP contribution in [-0.4, -0.2) is 35.9 Å². The van der Waals surface area contributed by atoms with Crippen molar-refractivity contribution in [3.05, 3.63) is 16.7 Å². The molecule has 2 aromatic rings. The van der Waals surface area contributed by atoms with Gasteiger partial charge in [0.15, 0.2) is 15.1 Å². The third-order valence-corrected chi connectivity index (χ3v) is 5.95. The minimum Gasteiger partial charge on any atom is -0.279 e. The molecule has 0 bridgehead atoms. The Hall–Kier alpha value is -0.280. The number of thiazole rings is 1. The summed E-state index contributed by atoms with van der Waals surface area (Å²) in [6, 6.07) is 0. The fourth-order valence-electron chi connectivity index (χ4n) is 1.36. The van der Waals surface area contributed by atoms with E-state index >= 15 is 0 Å². The van der Waals surface area contributed by atoms with E-state index < -0.39 is 10.0 Å². The zero-order chi connectivity index (χ0) is 13.3. The number of aromatic nitrogens is 2. The highest BCUT2D eigenvalue weighted by Gasteiger charge is 2.25. The van der Waals surface area contributed by atoms with Crippen LogP contribution in [0.15, 0.2) is 16.6 Å². The summed E-state index contributed by atoms with van der Waals surface area (Å²) < 4.78 is 28.4. The van der Waals surface area contributed by atoms with Gasteiger partial charge >= 0.3 is 0 Å². The quantitative estimate of drug-likeness (QED) is 0.914. The molecule has 0 saturated carbocycles. The van der Waals surface area contributed by atoms with Gasteiger partial charge in [-0.05, 0) is 6.26 Å². The summed E-state index contributed by atoms with van der Waals surface area (Å²) in [6.45, 7) is 2.31. The zero-order valence-electron chi connectivity index (χ0n) is 9.75. The highest BCUT2D eigenvalue weighted by molar-refractivity contribution is 7.99. The normalized spacial score (nSPS) is 14.2. The third kappa shape index (κ3) is 2.67. The van der Waals surface area contributed by atoms with E-state index in [1.807, 2.05) is 13.2 Å². The van der Waals surface area contributed by atoms with Crippen molar-refractivity contribution in [1.29, 1.82) is 0 Å². The van der Waals surface area contributed by atoms with Crippen molar-refractivity contribution < 1.29 is 8.42 Å². The Bertz CT molecular complexity index is 649. The summed E-state index contributed by atoms with van der Waals surface area (Å²) in [4.78, 5) is 4.58. The van der Waals surface area contributed by atoms with Crippen molar-refractivity contribution in [1.82, 2.24) is 14.1 Å². The fourth-order valence-corrected chi connectivity index (χ4v) is 4.29. The maximum Gasteiger partial charge on any atom is 0.259 e. The molecule has 1 unspecified atom stereocenters. The predicted octanol–water partition coefficient (Wildman–Crippen LogP) is 2.08. The lowest BCUT2D eigenvalue weighted by Gasteiger charge is -2.10. The number of hydrogen-bond acceptors (Lipinski definition) is 5. The summed E-state index contributed by atoms with van der Waals surface area (Å²) >= 11 is 8.82. The van der Waals surface area contributed by atoms with E-state index in [4.69, 9.17) is 11.6 Å². The first kappa shape index (κ1) is 14.1. The van der Waals surface area contributed by atoms with Crippen molar-refractivity contribution in [2.75, 3.05) is 12.8 Å². The molecule has 1 N–H and O–H groups in total. The van der Waals surface area contributed by atoms with Crippen LogP contribution < -0.4 is 4.72 Å². The summed E-state index contributed by atoms with van der Waals surface area (Å²) in [5.41, 5.74) is 0. The van der Waals surface area contributed by atoms with Crippen molar-refractivity contribution >= 4 is 49.7 Å². The Balaban J connectivity index is 2.34. The number of nitrogens with one attached hydrogen (secondary N) is 1. The van der Waals surface area contributed by atoms with Gasteiger partial charge in [0.1, 0.15) is 0 Å². The van der Waals surface area contributed by atoms with Gasteiger partial charge in [-0.15, -0.1) is 11.3 Å². The monoisotopic (exact) mass is 325 g/mol. The van der Waals surface area contributed by atoms with Crippen molar-refractivity contribution in [2.24, 2.45) is 0 Å². The van der Waals surface area contributed by atoms with Gasteiger partial charge in [-0.2, -0.15) is 11.8 Å². The Morgan fingerprint density at radius 3 is 3.06 bits per heavy atom. The van der Waals surface area contributed by atoms with Crippen LogP contribution in [0.3, 0.4) is 0 Å². The second-order valence-corrected chi connectivity index (χ2v) is 7.85. The van der Waals surface area contributed by atoms with E-state index in [0.29, 0.717) is 11.5 Å². The molecule has 0 aliphatic heterocycles. The topological polar surface area (TPSA) is 63.5 Å². The molecule has 2 aromatic heterocycles. The molecule has 0 aliphatic rings. The van der Waals surface area contributed by atoms with Gasteiger partial charge in [0.2, 0.25) is 0 Å². The summed E-state index contributed by atoms with van der Waals surface area (Å²) in [7, 11) is -3.64. The summed E-state index contributed by atoms with van der Waals surface area (Å²) in [5.74, 6) is 0. The Kier molecular flexibility index (Phi) is 4.22. The van der Waals surface area contributed by atoms with Crippen LogP contribution in [0.2, 0.25) is 5.15 Å². The Labute approximate surface area is 119 Å². The van der Waals surface area contributed by atoms with E-state index in [9.17, 15) is 8.42 Å². The molecule has 0 aromatic carbocycles. The van der Waals surface area contributed by atoms with Crippen LogP contribution >= 0.6 is 34.7 Å². The van der Waals surface area contributed by atoms with Gasteiger partial charge in [-0.25, -0.2) is 18.1 Å². The van der Waals surface area contributed by atoms with Gasteiger partial charge in [0.05, 0.1) is 0 Å². The molecule has 0 amide bonds. The molecule has 2 rings (SSSR count). The molecule has 18 heavy (non-hydrogen) atoms. The second kappa shape index (κ2) is 5.38. The van der Waals surface area contributed by atoms with E-state index in [-0.39, 0.29) is 15.4 Å². The molecular formula is C9H12ClN3O2S3. The van der Waals surface area contributed by atoms with Crippen LogP contribution in [0.1, 0.15) is 6.92 Å².